The number of alkyl halides is 5. The predicted molar refractivity (Wildman–Crippen MR) is 63.5 cm³/mol. The minimum atomic E-state index is -5.58. The molecular weight excluding hydrogens is 283 g/mol. The average molecular weight is 300 g/mol. The third-order valence-corrected chi connectivity index (χ3v) is 4.74. The maximum Gasteiger partial charge on any atom is 0.456 e. The van der Waals surface area contributed by atoms with Gasteiger partial charge in [0.25, 0.3) is 0 Å². The van der Waals surface area contributed by atoms with Crippen LogP contribution in [0.3, 0.4) is 0 Å². The third-order valence-electron chi connectivity index (χ3n) is 3.79. The van der Waals surface area contributed by atoms with E-state index in [2.05, 4.69) is 0 Å². The smallest absolute Gasteiger partial charge is 0.405 e. The summed E-state index contributed by atoms with van der Waals surface area (Å²) >= 11 is 0. The number of fused-ring (bicyclic) bond motifs is 2. The third kappa shape index (κ3) is 2.05. The SMILES string of the molecule is C[Si](C)(C)OC1(C(F)(F)C(F)(F)F)[C@@H]2C=C[C@H]1CC2. The molecule has 0 aromatic rings. The first kappa shape index (κ1) is 15.0. The van der Waals surface area contributed by atoms with Gasteiger partial charge in [-0.05, 0) is 32.5 Å². The second-order valence-corrected chi connectivity index (χ2v) is 10.7. The second kappa shape index (κ2) is 4.04. The summed E-state index contributed by atoms with van der Waals surface area (Å²) in [5, 5.41) is 0. The predicted octanol–water partition coefficient (Wildman–Crippen LogP) is 4.37. The Hall–Kier alpha value is -0.433. The van der Waals surface area contributed by atoms with Crippen LogP contribution in [-0.2, 0) is 4.43 Å². The van der Waals surface area contributed by atoms with Gasteiger partial charge in [-0.3, -0.25) is 0 Å². The van der Waals surface area contributed by atoms with Gasteiger partial charge in [-0.15, -0.1) is 0 Å². The van der Waals surface area contributed by atoms with Crippen LogP contribution >= 0.6 is 0 Å². The van der Waals surface area contributed by atoms with E-state index in [0.29, 0.717) is 12.8 Å². The van der Waals surface area contributed by atoms with Gasteiger partial charge < -0.3 is 4.43 Å². The Labute approximate surface area is 109 Å². The standard InChI is InChI=1S/C12H17F5OSi/c1-19(2,3)18-10(11(13,14)12(15,16)17)8-4-5-9(10)7-6-8/h4-5,8-9H,6-7H2,1-3H3/t8-,9+,10?. The Morgan fingerprint density at radius 2 is 1.42 bits per heavy atom. The first-order chi connectivity index (χ1) is 8.42. The lowest BCUT2D eigenvalue weighted by Crippen LogP contribution is -2.64. The van der Waals surface area contributed by atoms with Crippen LogP contribution in [0.1, 0.15) is 12.8 Å². The molecule has 0 N–H and O–H groups in total. The molecule has 0 aromatic carbocycles. The van der Waals surface area contributed by atoms with Crippen LogP contribution in [0, 0.1) is 11.8 Å². The van der Waals surface area contributed by atoms with Crippen LogP contribution in [0.4, 0.5) is 22.0 Å². The van der Waals surface area contributed by atoms with E-state index in [0.717, 1.165) is 0 Å². The van der Waals surface area contributed by atoms with Gasteiger partial charge in [0.2, 0.25) is 0 Å². The maximum atomic E-state index is 14.1. The summed E-state index contributed by atoms with van der Waals surface area (Å²) in [5.41, 5.74) is -2.42. The van der Waals surface area contributed by atoms with E-state index in [1.54, 1.807) is 19.6 Å². The molecule has 1 unspecified atom stereocenters. The van der Waals surface area contributed by atoms with Crippen LogP contribution in [0.15, 0.2) is 12.2 Å². The highest BCUT2D eigenvalue weighted by Crippen LogP contribution is 2.61. The lowest BCUT2D eigenvalue weighted by molar-refractivity contribution is -0.345. The van der Waals surface area contributed by atoms with Crippen molar-refractivity contribution in [3.05, 3.63) is 12.2 Å². The molecule has 1 fully saturated rings. The zero-order valence-electron chi connectivity index (χ0n) is 11.0. The highest BCUT2D eigenvalue weighted by Gasteiger charge is 2.77. The highest BCUT2D eigenvalue weighted by atomic mass is 28.4. The second-order valence-electron chi connectivity index (χ2n) is 6.25. The van der Waals surface area contributed by atoms with Gasteiger partial charge in [0.15, 0.2) is 8.32 Å². The van der Waals surface area contributed by atoms with Crippen molar-refractivity contribution >= 4 is 8.32 Å². The summed E-state index contributed by atoms with van der Waals surface area (Å²) < 4.78 is 72.2. The minimum Gasteiger partial charge on any atom is -0.405 e. The minimum absolute atomic E-state index is 0.331. The molecule has 1 saturated carbocycles. The summed E-state index contributed by atoms with van der Waals surface area (Å²) in [6.07, 6.45) is -1.99. The molecule has 0 spiro atoms. The molecule has 2 aliphatic carbocycles. The van der Waals surface area contributed by atoms with E-state index < -0.39 is 37.9 Å². The van der Waals surface area contributed by atoms with Crippen LogP contribution < -0.4 is 0 Å². The summed E-state index contributed by atoms with van der Waals surface area (Å²) in [5.74, 6) is -6.52. The van der Waals surface area contributed by atoms with E-state index in [9.17, 15) is 22.0 Å². The molecule has 0 heterocycles. The molecular formula is C12H17F5OSi. The van der Waals surface area contributed by atoms with Gasteiger partial charge in [-0.25, -0.2) is 0 Å². The van der Waals surface area contributed by atoms with Crippen molar-refractivity contribution in [3.63, 3.8) is 0 Å². The average Bonchev–Trinajstić information content (AvgIpc) is 2.70. The van der Waals surface area contributed by atoms with Crippen molar-refractivity contribution in [1.82, 2.24) is 0 Å². The molecule has 19 heavy (non-hydrogen) atoms. The van der Waals surface area contributed by atoms with Crippen LogP contribution in [0.2, 0.25) is 19.6 Å². The molecule has 0 aliphatic heterocycles. The molecule has 3 atom stereocenters. The van der Waals surface area contributed by atoms with Gasteiger partial charge in [0, 0.05) is 11.8 Å². The Bertz CT molecular complexity index is 382. The first-order valence-electron chi connectivity index (χ1n) is 6.25. The highest BCUT2D eigenvalue weighted by molar-refractivity contribution is 6.69. The summed E-state index contributed by atoms with van der Waals surface area (Å²) in [7, 11) is -2.55. The zero-order chi connectivity index (χ0) is 14.7. The van der Waals surface area contributed by atoms with Gasteiger partial charge in [-0.2, -0.15) is 22.0 Å². The maximum absolute atomic E-state index is 14.1. The van der Waals surface area contributed by atoms with Crippen LogP contribution in [-0.4, -0.2) is 26.0 Å². The Balaban J connectivity index is 2.49. The summed E-state index contributed by atoms with van der Waals surface area (Å²) in [6.45, 7) is 4.91. The molecule has 2 aliphatic rings. The Morgan fingerprint density at radius 1 is 1.00 bits per heavy atom. The fourth-order valence-electron chi connectivity index (χ4n) is 3.22. The normalized spacial score (nSPS) is 35.2. The summed E-state index contributed by atoms with van der Waals surface area (Å²) in [4.78, 5) is 0. The fraction of sp³-hybridized carbons (Fsp3) is 0.833. The van der Waals surface area contributed by atoms with Gasteiger partial charge in [0.05, 0.1) is 0 Å². The van der Waals surface area contributed by atoms with Crippen LogP contribution in [0.5, 0.6) is 0 Å². The molecule has 1 nitrogen and oxygen atoms in total. The van der Waals surface area contributed by atoms with Gasteiger partial charge in [-0.1, -0.05) is 12.2 Å². The Morgan fingerprint density at radius 3 is 1.68 bits per heavy atom. The van der Waals surface area contributed by atoms with Gasteiger partial charge >= 0.3 is 12.1 Å². The monoisotopic (exact) mass is 300 g/mol. The van der Waals surface area contributed by atoms with Crippen molar-refractivity contribution in [2.75, 3.05) is 0 Å². The lowest BCUT2D eigenvalue weighted by atomic mass is 9.83. The largest absolute Gasteiger partial charge is 0.456 e. The van der Waals surface area contributed by atoms with Crippen LogP contribution in [0.25, 0.3) is 0 Å². The topological polar surface area (TPSA) is 9.23 Å². The molecule has 0 saturated heterocycles. The van der Waals surface area contributed by atoms with E-state index >= 15 is 0 Å². The fourth-order valence-corrected chi connectivity index (χ4v) is 4.66. The quantitative estimate of drug-likeness (QED) is 0.427. The number of hydrogen-bond acceptors (Lipinski definition) is 1. The van der Waals surface area contributed by atoms with Crippen molar-refractivity contribution in [2.45, 2.75) is 50.2 Å². The van der Waals surface area contributed by atoms with Gasteiger partial charge in [0.1, 0.15) is 5.60 Å². The molecule has 0 amide bonds. The molecule has 0 radical (unpaired) electrons. The molecule has 110 valence electrons. The molecule has 7 heteroatoms. The number of hydrogen-bond donors (Lipinski definition) is 0. The zero-order valence-corrected chi connectivity index (χ0v) is 12.0. The van der Waals surface area contributed by atoms with E-state index in [1.807, 2.05) is 0 Å². The van der Waals surface area contributed by atoms with Crippen molar-refractivity contribution in [1.29, 1.82) is 0 Å². The number of rotatable bonds is 3. The van der Waals surface area contributed by atoms with Crippen molar-refractivity contribution in [3.8, 4) is 0 Å². The van der Waals surface area contributed by atoms with Crippen molar-refractivity contribution < 1.29 is 26.4 Å². The number of halogens is 5. The molecule has 2 bridgehead atoms. The van der Waals surface area contributed by atoms with E-state index in [1.165, 1.54) is 12.2 Å². The first-order valence-corrected chi connectivity index (χ1v) is 9.66. The Kier molecular flexibility index (Phi) is 3.18. The lowest BCUT2D eigenvalue weighted by Gasteiger charge is -2.45. The van der Waals surface area contributed by atoms with E-state index in [4.69, 9.17) is 4.43 Å². The van der Waals surface area contributed by atoms with E-state index in [-0.39, 0.29) is 0 Å². The molecule has 0 aromatic heterocycles. The van der Waals surface area contributed by atoms with Crippen molar-refractivity contribution in [2.24, 2.45) is 11.8 Å². The summed E-state index contributed by atoms with van der Waals surface area (Å²) in [6, 6.07) is 0. The molecule has 2 rings (SSSR count).